The monoisotopic (exact) mass is 365 g/mol. The molecule has 1 aromatic carbocycles. The summed E-state index contributed by atoms with van der Waals surface area (Å²) in [4.78, 5) is 14.8. The minimum absolute atomic E-state index is 0.0347. The molecule has 6 heteroatoms. The highest BCUT2D eigenvalue weighted by Crippen LogP contribution is 2.34. The van der Waals surface area contributed by atoms with Gasteiger partial charge >= 0.3 is 0 Å². The molecule has 0 saturated carbocycles. The fourth-order valence-electron chi connectivity index (χ4n) is 2.43. The predicted molar refractivity (Wildman–Crippen MR) is 103 cm³/mol. The maximum absolute atomic E-state index is 12.5. The van der Waals surface area contributed by atoms with E-state index >= 15 is 0 Å². The molecule has 24 heavy (non-hydrogen) atoms. The molecule has 1 N–H and O–H groups in total. The zero-order valence-electron chi connectivity index (χ0n) is 14.1. The number of aromatic hydroxyl groups is 1. The van der Waals surface area contributed by atoms with Crippen LogP contribution in [-0.2, 0) is 4.79 Å². The van der Waals surface area contributed by atoms with E-state index in [4.69, 9.17) is 17.0 Å². The smallest absolute Gasteiger partial charge is 0.266 e. The van der Waals surface area contributed by atoms with Gasteiger partial charge in [-0.15, -0.1) is 0 Å². The van der Waals surface area contributed by atoms with Gasteiger partial charge in [-0.2, -0.15) is 0 Å². The van der Waals surface area contributed by atoms with Gasteiger partial charge in [0.2, 0.25) is 0 Å². The zero-order valence-corrected chi connectivity index (χ0v) is 15.7. The molecule has 0 bridgehead atoms. The number of rotatable bonds is 8. The van der Waals surface area contributed by atoms with Gasteiger partial charge in [0, 0.05) is 6.54 Å². The third kappa shape index (κ3) is 4.74. The number of amides is 1. The normalized spacial score (nSPS) is 16.2. The molecule has 4 nitrogen and oxygen atoms in total. The van der Waals surface area contributed by atoms with Crippen molar-refractivity contribution in [3.8, 4) is 11.5 Å². The fraction of sp³-hybridized carbons (Fsp3) is 0.444. The van der Waals surface area contributed by atoms with Crippen molar-refractivity contribution in [1.29, 1.82) is 0 Å². The summed E-state index contributed by atoms with van der Waals surface area (Å²) in [5.41, 5.74) is 0.808. The first-order valence-electron chi connectivity index (χ1n) is 8.28. The number of unbranched alkanes of at least 4 members (excludes halogenated alkanes) is 3. The lowest BCUT2D eigenvalue weighted by molar-refractivity contribution is -0.122. The van der Waals surface area contributed by atoms with E-state index in [0.717, 1.165) is 18.4 Å². The number of carbonyl (C=O) groups excluding carboxylic acids is 1. The molecule has 0 aliphatic carbocycles. The standard InChI is InChI=1S/C18H23NO3S2/c1-3-5-6-7-10-19-17(21)16(24-18(19)23)12-13-8-9-14(20)15(11-13)22-4-2/h8-9,11-12,20H,3-7,10H2,1-2H3/b16-12+. The second kappa shape index (κ2) is 9.08. The minimum Gasteiger partial charge on any atom is -0.504 e. The second-order valence-electron chi connectivity index (χ2n) is 5.55. The van der Waals surface area contributed by atoms with Crippen LogP contribution < -0.4 is 4.74 Å². The van der Waals surface area contributed by atoms with Crippen LogP contribution in [0.4, 0.5) is 0 Å². The molecule has 1 heterocycles. The van der Waals surface area contributed by atoms with Gasteiger partial charge in [-0.25, -0.2) is 0 Å². The van der Waals surface area contributed by atoms with Gasteiger partial charge in [-0.05, 0) is 37.1 Å². The van der Waals surface area contributed by atoms with E-state index in [1.807, 2.05) is 6.92 Å². The van der Waals surface area contributed by atoms with Crippen LogP contribution in [-0.4, -0.2) is 33.4 Å². The van der Waals surface area contributed by atoms with E-state index < -0.39 is 0 Å². The minimum atomic E-state index is -0.0347. The number of hydrogen-bond acceptors (Lipinski definition) is 5. The molecule has 1 fully saturated rings. The third-order valence-corrected chi connectivity index (χ3v) is 5.07. The Labute approximate surface area is 152 Å². The van der Waals surface area contributed by atoms with Crippen LogP contribution >= 0.6 is 24.0 Å². The number of ether oxygens (including phenoxy) is 1. The lowest BCUT2D eigenvalue weighted by Gasteiger charge is -2.13. The predicted octanol–water partition coefficient (Wildman–Crippen LogP) is 4.57. The molecule has 1 aliphatic rings. The molecule has 1 aliphatic heterocycles. The van der Waals surface area contributed by atoms with E-state index in [1.54, 1.807) is 29.2 Å². The molecule has 1 amide bonds. The van der Waals surface area contributed by atoms with Crippen molar-refractivity contribution < 1.29 is 14.6 Å². The van der Waals surface area contributed by atoms with Crippen molar-refractivity contribution in [3.63, 3.8) is 0 Å². The summed E-state index contributed by atoms with van der Waals surface area (Å²) in [5.74, 6) is 0.478. The van der Waals surface area contributed by atoms with Gasteiger partial charge in [0.05, 0.1) is 11.5 Å². The molecule has 130 valence electrons. The lowest BCUT2D eigenvalue weighted by Crippen LogP contribution is -2.28. The number of thiocarbonyl (C=S) groups is 1. The molecule has 0 radical (unpaired) electrons. The van der Waals surface area contributed by atoms with Crippen LogP contribution in [0, 0.1) is 0 Å². The van der Waals surface area contributed by atoms with Crippen molar-refractivity contribution in [2.45, 2.75) is 39.5 Å². The molecule has 0 atom stereocenters. The Kier molecular flexibility index (Phi) is 7.12. The SMILES string of the molecule is CCCCCCN1C(=O)/C(=C\c2ccc(O)c(OCC)c2)SC1=S. The maximum Gasteiger partial charge on any atom is 0.266 e. The number of phenolic OH excluding ortho intramolecular Hbond substituents is 1. The highest BCUT2D eigenvalue weighted by molar-refractivity contribution is 8.26. The number of benzene rings is 1. The van der Waals surface area contributed by atoms with Crippen molar-refractivity contribution in [2.75, 3.05) is 13.2 Å². The molecular formula is C18H23NO3S2. The van der Waals surface area contributed by atoms with Crippen molar-refractivity contribution in [2.24, 2.45) is 0 Å². The summed E-state index contributed by atoms with van der Waals surface area (Å²) in [6, 6.07) is 5.06. The average Bonchev–Trinajstić information content (AvgIpc) is 2.82. The van der Waals surface area contributed by atoms with Gasteiger partial charge in [0.15, 0.2) is 11.5 Å². The van der Waals surface area contributed by atoms with Gasteiger partial charge in [-0.3, -0.25) is 9.69 Å². The summed E-state index contributed by atoms with van der Waals surface area (Å²) in [5, 5.41) is 9.76. The summed E-state index contributed by atoms with van der Waals surface area (Å²) < 4.78 is 6.00. The van der Waals surface area contributed by atoms with Crippen LogP contribution in [0.3, 0.4) is 0 Å². The first-order chi connectivity index (χ1) is 11.6. The quantitative estimate of drug-likeness (QED) is 0.415. The molecule has 1 saturated heterocycles. The summed E-state index contributed by atoms with van der Waals surface area (Å²) >= 11 is 6.67. The first-order valence-corrected chi connectivity index (χ1v) is 9.50. The number of carbonyl (C=O) groups is 1. The Bertz CT molecular complexity index is 643. The topological polar surface area (TPSA) is 49.8 Å². The molecule has 0 unspecified atom stereocenters. The van der Waals surface area contributed by atoms with E-state index in [2.05, 4.69) is 6.92 Å². The number of nitrogens with zero attached hydrogens (tertiary/aromatic N) is 1. The highest BCUT2D eigenvalue weighted by atomic mass is 32.2. The Morgan fingerprint density at radius 3 is 2.79 bits per heavy atom. The van der Waals surface area contributed by atoms with Crippen molar-refractivity contribution >= 4 is 40.3 Å². The van der Waals surface area contributed by atoms with Crippen LogP contribution in [0.25, 0.3) is 6.08 Å². The molecular weight excluding hydrogens is 342 g/mol. The largest absolute Gasteiger partial charge is 0.504 e. The van der Waals surface area contributed by atoms with E-state index in [-0.39, 0.29) is 11.7 Å². The summed E-state index contributed by atoms with van der Waals surface area (Å²) in [6.07, 6.45) is 6.23. The maximum atomic E-state index is 12.5. The van der Waals surface area contributed by atoms with Crippen molar-refractivity contribution in [3.05, 3.63) is 28.7 Å². The molecule has 0 aromatic heterocycles. The van der Waals surface area contributed by atoms with Gasteiger partial charge in [0.25, 0.3) is 5.91 Å². The highest BCUT2D eigenvalue weighted by Gasteiger charge is 2.31. The number of thioether (sulfide) groups is 1. The number of phenols is 1. The summed E-state index contributed by atoms with van der Waals surface area (Å²) in [7, 11) is 0. The van der Waals surface area contributed by atoms with Crippen LogP contribution in [0.5, 0.6) is 11.5 Å². The van der Waals surface area contributed by atoms with Crippen LogP contribution in [0.2, 0.25) is 0 Å². The summed E-state index contributed by atoms with van der Waals surface area (Å²) in [6.45, 7) is 5.17. The Balaban J connectivity index is 2.09. The van der Waals surface area contributed by atoms with E-state index in [0.29, 0.717) is 28.1 Å². The lowest BCUT2D eigenvalue weighted by atomic mass is 10.1. The average molecular weight is 366 g/mol. The number of hydrogen-bond donors (Lipinski definition) is 1. The molecule has 0 spiro atoms. The van der Waals surface area contributed by atoms with Crippen LogP contribution in [0.15, 0.2) is 23.1 Å². The Morgan fingerprint density at radius 1 is 1.29 bits per heavy atom. The first kappa shape index (κ1) is 18.8. The van der Waals surface area contributed by atoms with Gasteiger partial charge < -0.3 is 9.84 Å². The van der Waals surface area contributed by atoms with Gasteiger partial charge in [-0.1, -0.05) is 56.2 Å². The molecule has 2 rings (SSSR count). The van der Waals surface area contributed by atoms with Crippen molar-refractivity contribution in [1.82, 2.24) is 4.90 Å². The Morgan fingerprint density at radius 2 is 2.08 bits per heavy atom. The second-order valence-corrected chi connectivity index (χ2v) is 7.23. The molecule has 1 aromatic rings. The third-order valence-electron chi connectivity index (χ3n) is 3.69. The van der Waals surface area contributed by atoms with E-state index in [9.17, 15) is 9.90 Å². The fourth-order valence-corrected chi connectivity index (χ4v) is 3.74. The van der Waals surface area contributed by atoms with E-state index in [1.165, 1.54) is 24.6 Å². The Hall–Kier alpha value is -1.53. The zero-order chi connectivity index (χ0) is 17.5. The van der Waals surface area contributed by atoms with Gasteiger partial charge in [0.1, 0.15) is 4.32 Å². The van der Waals surface area contributed by atoms with Crippen LogP contribution in [0.1, 0.15) is 45.1 Å².